The van der Waals surface area contributed by atoms with Gasteiger partial charge in [0, 0.05) is 17.5 Å². The second kappa shape index (κ2) is 9.00. The van der Waals surface area contributed by atoms with Crippen molar-refractivity contribution in [3.05, 3.63) is 74.6 Å². The summed E-state index contributed by atoms with van der Waals surface area (Å²) in [5.41, 5.74) is 0.888. The van der Waals surface area contributed by atoms with Crippen LogP contribution in [0.1, 0.15) is 27.0 Å². The number of carbonyl (C=O) groups excluding carboxylic acids is 1. The van der Waals surface area contributed by atoms with Gasteiger partial charge >= 0.3 is 5.97 Å². The molecule has 1 atom stereocenters. The van der Waals surface area contributed by atoms with E-state index in [4.69, 9.17) is 4.74 Å². The molecule has 3 aromatic rings. The third kappa shape index (κ3) is 4.52. The van der Waals surface area contributed by atoms with Gasteiger partial charge in [-0.05, 0) is 41.8 Å². The van der Waals surface area contributed by atoms with Gasteiger partial charge in [0.25, 0.3) is 0 Å². The number of sulfonamides is 1. The number of thiophene rings is 2. The van der Waals surface area contributed by atoms with Crippen molar-refractivity contribution in [1.29, 1.82) is 0 Å². The van der Waals surface area contributed by atoms with Crippen LogP contribution < -0.4 is 0 Å². The van der Waals surface area contributed by atoms with Crippen molar-refractivity contribution in [1.82, 2.24) is 4.31 Å². The van der Waals surface area contributed by atoms with Crippen molar-refractivity contribution < 1.29 is 17.9 Å². The summed E-state index contributed by atoms with van der Waals surface area (Å²) in [5, 5.41) is 3.58. The number of benzene rings is 1. The highest BCUT2D eigenvalue weighted by atomic mass is 32.2. The van der Waals surface area contributed by atoms with Gasteiger partial charge in [0.1, 0.15) is 9.77 Å². The van der Waals surface area contributed by atoms with Gasteiger partial charge in [-0.15, -0.1) is 22.7 Å². The summed E-state index contributed by atoms with van der Waals surface area (Å²) in [7, 11) is -2.65. The van der Waals surface area contributed by atoms with E-state index in [1.807, 2.05) is 54.8 Å². The molecule has 8 heteroatoms. The second-order valence-corrected chi connectivity index (χ2v) is 10.1. The van der Waals surface area contributed by atoms with E-state index in [-0.39, 0.29) is 22.4 Å². The van der Waals surface area contributed by atoms with Crippen molar-refractivity contribution in [2.24, 2.45) is 0 Å². The zero-order chi connectivity index (χ0) is 20.1. The summed E-state index contributed by atoms with van der Waals surface area (Å²) in [6, 6.07) is 14.6. The molecule has 1 aromatic carbocycles. The lowest BCUT2D eigenvalue weighted by atomic mass is 10.1. The Morgan fingerprint density at radius 1 is 1.07 bits per heavy atom. The minimum Gasteiger partial charge on any atom is -0.465 e. The molecule has 5 nitrogen and oxygen atoms in total. The lowest BCUT2D eigenvalue weighted by Gasteiger charge is -2.28. The molecule has 2 aromatic heterocycles. The molecule has 0 aliphatic heterocycles. The monoisotopic (exact) mass is 435 g/mol. The molecule has 0 aliphatic rings. The molecule has 0 aliphatic carbocycles. The maximum Gasteiger partial charge on any atom is 0.349 e. The molecule has 0 saturated carbocycles. The molecule has 0 fully saturated rings. The van der Waals surface area contributed by atoms with Crippen LogP contribution in [0, 0.1) is 0 Å². The average Bonchev–Trinajstić information content (AvgIpc) is 3.38. The fraction of sp³-hybridized carbons (Fsp3) is 0.250. The molecule has 0 spiro atoms. The fourth-order valence-corrected chi connectivity index (χ4v) is 6.69. The third-order valence-corrected chi connectivity index (χ3v) is 8.26. The van der Waals surface area contributed by atoms with Gasteiger partial charge in [-0.2, -0.15) is 4.31 Å². The zero-order valence-electron chi connectivity index (χ0n) is 15.6. The fourth-order valence-electron chi connectivity index (χ4n) is 2.93. The first kappa shape index (κ1) is 20.7. The average molecular weight is 436 g/mol. The Bertz CT molecular complexity index is 1010. The first-order valence-corrected chi connectivity index (χ1v) is 11.9. The molecule has 0 radical (unpaired) electrons. The molecule has 28 heavy (non-hydrogen) atoms. The first-order chi connectivity index (χ1) is 13.4. The zero-order valence-corrected chi connectivity index (χ0v) is 18.0. The van der Waals surface area contributed by atoms with Crippen molar-refractivity contribution in [2.75, 3.05) is 7.11 Å². The van der Waals surface area contributed by atoms with Gasteiger partial charge < -0.3 is 4.74 Å². The van der Waals surface area contributed by atoms with Gasteiger partial charge in [0.2, 0.25) is 10.0 Å². The maximum absolute atomic E-state index is 13.5. The van der Waals surface area contributed by atoms with Gasteiger partial charge in [-0.3, -0.25) is 0 Å². The Morgan fingerprint density at radius 3 is 2.46 bits per heavy atom. The van der Waals surface area contributed by atoms with E-state index in [0.717, 1.165) is 21.8 Å². The number of nitrogens with zero attached hydrogens (tertiary/aromatic N) is 1. The van der Waals surface area contributed by atoms with Crippen LogP contribution in [-0.2, 0) is 27.7 Å². The molecule has 2 heterocycles. The number of hydrogen-bond donors (Lipinski definition) is 0. The number of rotatable bonds is 8. The molecule has 0 bridgehead atoms. The van der Waals surface area contributed by atoms with Crippen LogP contribution in [0.2, 0.25) is 0 Å². The molecule has 0 amide bonds. The summed E-state index contributed by atoms with van der Waals surface area (Å²) in [6.45, 7) is 2.12. The van der Waals surface area contributed by atoms with Gasteiger partial charge in [-0.1, -0.05) is 36.4 Å². The van der Waals surface area contributed by atoms with Crippen LogP contribution >= 0.6 is 22.7 Å². The van der Waals surface area contributed by atoms with Gasteiger partial charge in [-0.25, -0.2) is 13.2 Å². The van der Waals surface area contributed by atoms with Crippen LogP contribution in [0.3, 0.4) is 0 Å². The first-order valence-electron chi connectivity index (χ1n) is 8.67. The molecule has 148 valence electrons. The Labute approximate surface area is 173 Å². The lowest BCUT2D eigenvalue weighted by Crippen LogP contribution is -2.39. The van der Waals surface area contributed by atoms with E-state index in [1.54, 1.807) is 16.7 Å². The van der Waals surface area contributed by atoms with E-state index in [0.29, 0.717) is 6.42 Å². The van der Waals surface area contributed by atoms with Crippen LogP contribution in [0.5, 0.6) is 0 Å². The van der Waals surface area contributed by atoms with Crippen molar-refractivity contribution >= 4 is 38.7 Å². The van der Waals surface area contributed by atoms with Crippen molar-refractivity contribution in [3.63, 3.8) is 0 Å². The standard InChI is InChI=1S/C20H21NO4S3/c1-15(13-17-9-6-11-26-17)21(14-16-7-4-3-5-8-16)28(23,24)18-10-12-27-19(18)20(22)25-2/h3-12,15H,13-14H2,1-2H3. The SMILES string of the molecule is COC(=O)c1sccc1S(=O)(=O)N(Cc1ccccc1)C(C)Cc1cccs1. The summed E-state index contributed by atoms with van der Waals surface area (Å²) in [4.78, 5) is 13.3. The summed E-state index contributed by atoms with van der Waals surface area (Å²) < 4.78 is 33.3. The number of carbonyl (C=O) groups is 1. The predicted octanol–water partition coefficient (Wildman–Crippen LogP) is 4.42. The molecule has 3 rings (SSSR count). The highest BCUT2D eigenvalue weighted by Gasteiger charge is 2.34. The number of hydrogen-bond acceptors (Lipinski definition) is 6. The van der Waals surface area contributed by atoms with Crippen molar-refractivity contribution in [3.8, 4) is 0 Å². The van der Waals surface area contributed by atoms with Crippen LogP contribution in [-0.4, -0.2) is 31.8 Å². The minimum atomic E-state index is -3.90. The van der Waals surface area contributed by atoms with E-state index >= 15 is 0 Å². The smallest absolute Gasteiger partial charge is 0.349 e. The van der Waals surface area contributed by atoms with Crippen LogP contribution in [0.15, 0.2) is 64.2 Å². The van der Waals surface area contributed by atoms with E-state index < -0.39 is 16.0 Å². The normalized spacial score (nSPS) is 12.8. The maximum atomic E-state index is 13.5. The lowest BCUT2D eigenvalue weighted by molar-refractivity contribution is 0.0602. The molecular formula is C20H21NO4S3. The summed E-state index contributed by atoms with van der Waals surface area (Å²) >= 11 is 2.67. The topological polar surface area (TPSA) is 63.7 Å². The highest BCUT2D eigenvalue weighted by Crippen LogP contribution is 2.29. The number of methoxy groups -OCH3 is 1. The van der Waals surface area contributed by atoms with Crippen molar-refractivity contribution in [2.45, 2.75) is 30.8 Å². The molecule has 0 saturated heterocycles. The predicted molar refractivity (Wildman–Crippen MR) is 112 cm³/mol. The third-order valence-electron chi connectivity index (χ3n) is 4.34. The highest BCUT2D eigenvalue weighted by molar-refractivity contribution is 7.89. The molecule has 0 N–H and O–H groups in total. The Balaban J connectivity index is 1.99. The Hall–Kier alpha value is -2.00. The summed E-state index contributed by atoms with van der Waals surface area (Å²) in [6.07, 6.45) is 0.599. The van der Waals surface area contributed by atoms with Crippen LogP contribution in [0.25, 0.3) is 0 Å². The van der Waals surface area contributed by atoms with E-state index in [2.05, 4.69) is 0 Å². The summed E-state index contributed by atoms with van der Waals surface area (Å²) in [5.74, 6) is -0.640. The van der Waals surface area contributed by atoms with Gasteiger partial charge in [0.15, 0.2) is 0 Å². The largest absolute Gasteiger partial charge is 0.465 e. The Morgan fingerprint density at radius 2 is 1.82 bits per heavy atom. The van der Waals surface area contributed by atoms with E-state index in [9.17, 15) is 13.2 Å². The Kier molecular flexibility index (Phi) is 6.66. The quantitative estimate of drug-likeness (QED) is 0.492. The molecule has 1 unspecified atom stereocenters. The van der Waals surface area contributed by atoms with Gasteiger partial charge in [0.05, 0.1) is 7.11 Å². The number of ether oxygens (including phenoxy) is 1. The molecular weight excluding hydrogens is 414 g/mol. The minimum absolute atomic E-state index is 0.00156. The van der Waals surface area contributed by atoms with E-state index in [1.165, 1.54) is 17.5 Å². The van der Waals surface area contributed by atoms with Crippen LogP contribution in [0.4, 0.5) is 0 Å². The second-order valence-electron chi connectivity index (χ2n) is 6.27. The number of esters is 1.